The number of hydrogen-bond donors (Lipinski definition) is 3. The molecule has 1 unspecified atom stereocenters. The molecule has 1 aliphatic heterocycles. The van der Waals surface area contributed by atoms with Crippen molar-refractivity contribution < 1.29 is 27.9 Å². The quantitative estimate of drug-likeness (QED) is 0.730. The predicted octanol–water partition coefficient (Wildman–Crippen LogP) is 2.24. The largest absolute Gasteiger partial charge is 0.441 e. The Morgan fingerprint density at radius 2 is 1.69 bits per heavy atom. The van der Waals surface area contributed by atoms with Crippen LogP contribution in [0.1, 0.15) is 15.9 Å². The van der Waals surface area contributed by atoms with E-state index in [1.807, 2.05) is 0 Å². The molecule has 1 aromatic heterocycles. The van der Waals surface area contributed by atoms with Crippen molar-refractivity contribution in [3.8, 4) is 0 Å². The first-order valence-corrected chi connectivity index (χ1v) is 7.37. The number of halogens is 3. The van der Waals surface area contributed by atoms with Gasteiger partial charge >= 0.3 is 12.2 Å². The molecule has 2 heterocycles. The second-order valence-corrected chi connectivity index (χ2v) is 5.47. The van der Waals surface area contributed by atoms with Crippen LogP contribution in [-0.2, 0) is 0 Å². The summed E-state index contributed by atoms with van der Waals surface area (Å²) in [6.07, 6.45) is -2.76. The highest BCUT2D eigenvalue weighted by Crippen LogP contribution is 2.40. The third-order valence-corrected chi connectivity index (χ3v) is 3.79. The number of aromatic nitrogens is 1. The van der Waals surface area contributed by atoms with Gasteiger partial charge in [0.15, 0.2) is 5.78 Å². The van der Waals surface area contributed by atoms with Crippen LogP contribution in [0.3, 0.4) is 0 Å². The summed E-state index contributed by atoms with van der Waals surface area (Å²) in [5.41, 5.74) is -5.29. The highest BCUT2D eigenvalue weighted by molar-refractivity contribution is 6.16. The van der Waals surface area contributed by atoms with Gasteiger partial charge in [-0.1, -0.05) is 30.3 Å². The number of Topliss-reactive ketones (excluding diaryl/α,β-unsaturated/α-hetero) is 1. The monoisotopic (exact) mass is 363 g/mol. The van der Waals surface area contributed by atoms with Crippen LogP contribution in [0.2, 0.25) is 0 Å². The van der Waals surface area contributed by atoms with Crippen LogP contribution < -0.4 is 10.6 Å². The van der Waals surface area contributed by atoms with Crippen LogP contribution in [0.5, 0.6) is 0 Å². The second-order valence-electron chi connectivity index (χ2n) is 5.47. The molecule has 6 nitrogen and oxygen atoms in total. The van der Waals surface area contributed by atoms with E-state index in [1.165, 1.54) is 54.1 Å². The molecule has 0 spiro atoms. The number of nitrogens with zero attached hydrogens (tertiary/aromatic N) is 1. The molecule has 0 bridgehead atoms. The third kappa shape index (κ3) is 2.92. The maximum atomic E-state index is 13.6. The van der Waals surface area contributed by atoms with E-state index in [2.05, 4.69) is 10.3 Å². The molecule has 26 heavy (non-hydrogen) atoms. The molecule has 2 aromatic rings. The first kappa shape index (κ1) is 17.6. The maximum Gasteiger partial charge on any atom is 0.441 e. The SMILES string of the molecule is O=C1NC(c2ccncc2)=C(C(=O)c2ccccc2)C(O)(C(F)(F)F)N1. The molecule has 1 aromatic carbocycles. The zero-order valence-corrected chi connectivity index (χ0v) is 13.0. The fourth-order valence-electron chi connectivity index (χ4n) is 2.57. The Morgan fingerprint density at radius 1 is 1.08 bits per heavy atom. The Morgan fingerprint density at radius 3 is 2.27 bits per heavy atom. The molecule has 2 amide bonds. The van der Waals surface area contributed by atoms with Gasteiger partial charge in [-0.3, -0.25) is 15.1 Å². The molecule has 3 N–H and O–H groups in total. The summed E-state index contributed by atoms with van der Waals surface area (Å²) >= 11 is 0. The number of ketones is 1. The van der Waals surface area contributed by atoms with E-state index < -0.39 is 35.0 Å². The van der Waals surface area contributed by atoms with E-state index in [0.717, 1.165) is 0 Å². The summed E-state index contributed by atoms with van der Waals surface area (Å²) in [6.45, 7) is 0. The van der Waals surface area contributed by atoms with Crippen LogP contribution in [0.25, 0.3) is 5.70 Å². The number of hydrogen-bond acceptors (Lipinski definition) is 4. The zero-order chi connectivity index (χ0) is 18.9. The summed E-state index contributed by atoms with van der Waals surface area (Å²) in [4.78, 5) is 28.3. The Labute approximate surface area is 145 Å². The van der Waals surface area contributed by atoms with Crippen LogP contribution in [0.15, 0.2) is 60.4 Å². The summed E-state index contributed by atoms with van der Waals surface area (Å²) in [6, 6.07) is 8.50. The van der Waals surface area contributed by atoms with Crippen LogP contribution in [-0.4, -0.2) is 33.8 Å². The molecule has 1 aliphatic rings. The molecule has 0 aliphatic carbocycles. The standard InChI is InChI=1S/C17H12F3N3O3/c18-17(19,20)16(26)12(14(24)11-4-2-1-3-5-11)13(22-15(25)23-16)10-6-8-21-9-7-10/h1-9,26H,(H2,22,23,25). The number of urea groups is 1. The lowest BCUT2D eigenvalue weighted by Crippen LogP contribution is -2.66. The molecule has 0 saturated carbocycles. The van der Waals surface area contributed by atoms with Crippen LogP contribution in [0.4, 0.5) is 18.0 Å². The summed E-state index contributed by atoms with van der Waals surface area (Å²) in [7, 11) is 0. The van der Waals surface area contributed by atoms with Crippen molar-refractivity contribution in [2.45, 2.75) is 11.9 Å². The lowest BCUT2D eigenvalue weighted by Gasteiger charge is -2.37. The van der Waals surface area contributed by atoms with Crippen molar-refractivity contribution in [2.75, 3.05) is 0 Å². The molecule has 0 saturated heterocycles. The Kier molecular flexibility index (Phi) is 4.25. The van der Waals surface area contributed by atoms with Crippen molar-refractivity contribution in [3.05, 3.63) is 71.6 Å². The van der Waals surface area contributed by atoms with Crippen molar-refractivity contribution in [1.29, 1.82) is 0 Å². The number of nitrogens with one attached hydrogen (secondary N) is 2. The fraction of sp³-hybridized carbons (Fsp3) is 0.118. The van der Waals surface area contributed by atoms with E-state index in [9.17, 15) is 27.9 Å². The molecule has 3 rings (SSSR count). The zero-order valence-electron chi connectivity index (χ0n) is 13.0. The minimum absolute atomic E-state index is 0.0744. The lowest BCUT2D eigenvalue weighted by molar-refractivity contribution is -0.250. The van der Waals surface area contributed by atoms with Gasteiger partial charge in [-0.15, -0.1) is 0 Å². The summed E-state index contributed by atoms with van der Waals surface area (Å²) in [5.74, 6) is -1.08. The van der Waals surface area contributed by atoms with Gasteiger partial charge in [-0.2, -0.15) is 13.2 Å². The minimum atomic E-state index is -5.33. The first-order valence-electron chi connectivity index (χ1n) is 7.37. The van der Waals surface area contributed by atoms with E-state index in [0.29, 0.717) is 0 Å². The van der Waals surface area contributed by atoms with Gasteiger partial charge in [0, 0.05) is 23.5 Å². The van der Waals surface area contributed by atoms with E-state index in [1.54, 1.807) is 6.07 Å². The van der Waals surface area contributed by atoms with Gasteiger partial charge < -0.3 is 10.4 Å². The van der Waals surface area contributed by atoms with Gasteiger partial charge in [-0.05, 0) is 12.1 Å². The number of pyridine rings is 1. The number of rotatable bonds is 3. The van der Waals surface area contributed by atoms with Gasteiger partial charge in [-0.25, -0.2) is 4.79 Å². The minimum Gasteiger partial charge on any atom is -0.360 e. The Bertz CT molecular complexity index is 882. The topological polar surface area (TPSA) is 91.3 Å². The number of alkyl halides is 3. The highest BCUT2D eigenvalue weighted by Gasteiger charge is 2.62. The second kappa shape index (κ2) is 6.26. The number of carbonyl (C=O) groups is 2. The first-order chi connectivity index (χ1) is 12.2. The number of aliphatic hydroxyl groups is 1. The molecular weight excluding hydrogens is 351 g/mol. The molecule has 0 radical (unpaired) electrons. The highest BCUT2D eigenvalue weighted by atomic mass is 19.4. The molecule has 0 fully saturated rings. The van der Waals surface area contributed by atoms with Gasteiger partial charge in [0.1, 0.15) is 0 Å². The molecule has 9 heteroatoms. The molecule has 134 valence electrons. The average Bonchev–Trinajstić information content (AvgIpc) is 2.61. The smallest absolute Gasteiger partial charge is 0.360 e. The normalized spacial score (nSPS) is 20.4. The van der Waals surface area contributed by atoms with Crippen LogP contribution >= 0.6 is 0 Å². The van der Waals surface area contributed by atoms with E-state index >= 15 is 0 Å². The van der Waals surface area contributed by atoms with Gasteiger partial charge in [0.25, 0.3) is 5.72 Å². The fourth-order valence-corrected chi connectivity index (χ4v) is 2.57. The Balaban J connectivity index is 2.30. The predicted molar refractivity (Wildman–Crippen MR) is 84.6 cm³/mol. The van der Waals surface area contributed by atoms with E-state index in [4.69, 9.17) is 0 Å². The third-order valence-electron chi connectivity index (χ3n) is 3.79. The van der Waals surface area contributed by atoms with Crippen molar-refractivity contribution in [3.63, 3.8) is 0 Å². The number of amides is 2. The van der Waals surface area contributed by atoms with Crippen LogP contribution in [0, 0.1) is 0 Å². The lowest BCUT2D eigenvalue weighted by atomic mass is 9.88. The van der Waals surface area contributed by atoms with E-state index in [-0.39, 0.29) is 11.1 Å². The maximum absolute atomic E-state index is 13.6. The molecule has 1 atom stereocenters. The Hall–Kier alpha value is -3.20. The average molecular weight is 363 g/mol. The van der Waals surface area contributed by atoms with Crippen molar-refractivity contribution in [2.24, 2.45) is 0 Å². The summed E-state index contributed by atoms with van der Waals surface area (Å²) < 4.78 is 40.9. The van der Waals surface area contributed by atoms with Crippen molar-refractivity contribution in [1.82, 2.24) is 15.6 Å². The van der Waals surface area contributed by atoms with Gasteiger partial charge in [0.2, 0.25) is 0 Å². The summed E-state index contributed by atoms with van der Waals surface area (Å²) in [5, 5.41) is 13.9. The van der Waals surface area contributed by atoms with Gasteiger partial charge in [0.05, 0.1) is 11.3 Å². The van der Waals surface area contributed by atoms with Crippen molar-refractivity contribution >= 4 is 17.5 Å². The number of benzene rings is 1. The molecular formula is C17H12F3N3O3. The number of carbonyl (C=O) groups excluding carboxylic acids is 2.